The van der Waals surface area contributed by atoms with Crippen LogP contribution < -0.4 is 0 Å². The van der Waals surface area contributed by atoms with E-state index in [1.54, 1.807) is 6.92 Å². The number of aliphatic hydroxyl groups is 1. The minimum Gasteiger partial charge on any atom is -0.397 e. The molecule has 1 fully saturated rings. The second-order valence-electron chi connectivity index (χ2n) is 2.79. The molecule has 0 saturated carbocycles. The molecule has 1 unspecified atom stereocenters. The molecule has 0 aromatic carbocycles. The number of hydrogen-bond donors (Lipinski definition) is 1. The monoisotopic (exact) mass is 145 g/mol. The highest BCUT2D eigenvalue weighted by atomic mass is 16.2. The van der Waals surface area contributed by atoms with Gasteiger partial charge in [-0.3, -0.25) is 0 Å². The van der Waals surface area contributed by atoms with Gasteiger partial charge in [-0.05, 0) is 40.3 Å². The fraction of sp³-hybridized carbons (Fsp3) is 1.00. The third-order valence-corrected chi connectivity index (χ3v) is 1.89. The van der Waals surface area contributed by atoms with Crippen LogP contribution >= 0.6 is 0 Å². The van der Waals surface area contributed by atoms with Crippen LogP contribution in [0.1, 0.15) is 26.7 Å². The number of hydrogen-bond acceptors (Lipinski definition) is 2. The van der Waals surface area contributed by atoms with Gasteiger partial charge in [-0.15, -0.1) is 0 Å². The molecular weight excluding hydrogens is 126 g/mol. The van der Waals surface area contributed by atoms with Crippen LogP contribution in [0.5, 0.6) is 0 Å². The van der Waals surface area contributed by atoms with Crippen molar-refractivity contribution in [3.8, 4) is 0 Å². The van der Waals surface area contributed by atoms with Crippen LogP contribution in [0, 0.1) is 0 Å². The van der Waals surface area contributed by atoms with Gasteiger partial charge in [0, 0.05) is 12.6 Å². The summed E-state index contributed by atoms with van der Waals surface area (Å²) in [7, 11) is 2.19. The first-order valence-electron chi connectivity index (χ1n) is 4.03. The summed E-state index contributed by atoms with van der Waals surface area (Å²) in [5, 5.41) is 7.57. The van der Waals surface area contributed by atoms with Gasteiger partial charge >= 0.3 is 0 Å². The van der Waals surface area contributed by atoms with Gasteiger partial charge in [0.1, 0.15) is 0 Å². The van der Waals surface area contributed by atoms with E-state index in [2.05, 4.69) is 18.9 Å². The minimum atomic E-state index is 0.250. The van der Waals surface area contributed by atoms with E-state index in [1.165, 1.54) is 19.4 Å². The van der Waals surface area contributed by atoms with E-state index >= 15 is 0 Å². The Morgan fingerprint density at radius 2 is 2.10 bits per heavy atom. The Balaban J connectivity index is 0.000000236. The van der Waals surface area contributed by atoms with Crippen molar-refractivity contribution in [2.75, 3.05) is 20.2 Å². The van der Waals surface area contributed by atoms with Gasteiger partial charge < -0.3 is 10.0 Å². The maximum absolute atomic E-state index is 7.57. The molecule has 0 amide bonds. The molecular formula is C8H19NO. The van der Waals surface area contributed by atoms with Gasteiger partial charge in [0.25, 0.3) is 0 Å². The van der Waals surface area contributed by atoms with Crippen molar-refractivity contribution in [3.63, 3.8) is 0 Å². The zero-order valence-corrected chi connectivity index (χ0v) is 7.30. The Labute approximate surface area is 63.8 Å². The first-order valence-corrected chi connectivity index (χ1v) is 4.03. The molecule has 0 bridgehead atoms. The molecule has 1 N–H and O–H groups in total. The van der Waals surface area contributed by atoms with Crippen LogP contribution in [-0.4, -0.2) is 36.2 Å². The van der Waals surface area contributed by atoms with E-state index in [0.29, 0.717) is 0 Å². The molecule has 0 aromatic heterocycles. The lowest BCUT2D eigenvalue weighted by atomic mass is 10.3. The lowest BCUT2D eigenvalue weighted by molar-refractivity contribution is 0.318. The number of rotatable bonds is 0. The molecule has 0 radical (unpaired) electrons. The number of aliphatic hydroxyl groups excluding tert-OH is 1. The highest BCUT2D eigenvalue weighted by Gasteiger charge is 2.14. The van der Waals surface area contributed by atoms with Crippen molar-refractivity contribution >= 4 is 0 Å². The molecule has 62 valence electrons. The van der Waals surface area contributed by atoms with E-state index in [1.807, 2.05) is 0 Å². The van der Waals surface area contributed by atoms with Crippen LogP contribution in [0.15, 0.2) is 0 Å². The van der Waals surface area contributed by atoms with E-state index in [9.17, 15) is 0 Å². The van der Waals surface area contributed by atoms with Gasteiger partial charge in [-0.25, -0.2) is 0 Å². The van der Waals surface area contributed by atoms with Crippen molar-refractivity contribution in [1.29, 1.82) is 0 Å². The molecule has 1 aliphatic heterocycles. The van der Waals surface area contributed by atoms with Crippen LogP contribution in [0.2, 0.25) is 0 Å². The third-order valence-electron chi connectivity index (χ3n) is 1.89. The zero-order chi connectivity index (χ0) is 7.98. The summed E-state index contributed by atoms with van der Waals surface area (Å²) in [5.41, 5.74) is 0. The molecule has 1 saturated heterocycles. The summed E-state index contributed by atoms with van der Waals surface area (Å²) in [5.74, 6) is 0. The standard InChI is InChI=1S/C6H13N.C2H6O/c1-6-4-3-5-7(6)2;1-2-3/h6H,3-5H2,1-2H3;3H,2H2,1H3. The SMILES string of the molecule is CC1CCCN1C.CCO. The lowest BCUT2D eigenvalue weighted by Gasteiger charge is -2.12. The third kappa shape index (κ3) is 3.85. The van der Waals surface area contributed by atoms with Gasteiger partial charge in [-0.1, -0.05) is 0 Å². The smallest absolute Gasteiger partial charge is 0.0402 e. The molecule has 1 heterocycles. The zero-order valence-electron chi connectivity index (χ0n) is 7.30. The summed E-state index contributed by atoms with van der Waals surface area (Å²) < 4.78 is 0. The van der Waals surface area contributed by atoms with Crippen LogP contribution in [0.3, 0.4) is 0 Å². The first kappa shape index (κ1) is 9.92. The van der Waals surface area contributed by atoms with E-state index in [-0.39, 0.29) is 6.61 Å². The average molecular weight is 145 g/mol. The molecule has 10 heavy (non-hydrogen) atoms. The second kappa shape index (κ2) is 5.69. The average Bonchev–Trinajstić information content (AvgIpc) is 2.19. The maximum atomic E-state index is 7.57. The van der Waals surface area contributed by atoms with Gasteiger partial charge in [0.2, 0.25) is 0 Å². The highest BCUT2D eigenvalue weighted by Crippen LogP contribution is 2.12. The molecule has 2 heteroatoms. The Morgan fingerprint density at radius 1 is 1.60 bits per heavy atom. The van der Waals surface area contributed by atoms with Crippen molar-refractivity contribution < 1.29 is 5.11 Å². The lowest BCUT2D eigenvalue weighted by Crippen LogP contribution is -2.20. The summed E-state index contributed by atoms with van der Waals surface area (Å²) in [6.45, 7) is 5.52. The van der Waals surface area contributed by atoms with Crippen molar-refractivity contribution in [1.82, 2.24) is 4.90 Å². The van der Waals surface area contributed by atoms with Crippen molar-refractivity contribution in [3.05, 3.63) is 0 Å². The molecule has 1 aliphatic rings. The predicted molar refractivity (Wildman–Crippen MR) is 44.1 cm³/mol. The topological polar surface area (TPSA) is 23.5 Å². The summed E-state index contributed by atoms with van der Waals surface area (Å²) in [6, 6.07) is 0.847. The van der Waals surface area contributed by atoms with Gasteiger partial charge in [0.05, 0.1) is 0 Å². The Bertz CT molecular complexity index is 67.7. The van der Waals surface area contributed by atoms with Crippen molar-refractivity contribution in [2.24, 2.45) is 0 Å². The number of likely N-dealkylation sites (tertiary alicyclic amines) is 1. The quantitative estimate of drug-likeness (QED) is 0.551. The normalized spacial score (nSPS) is 25.8. The summed E-state index contributed by atoms with van der Waals surface area (Å²) >= 11 is 0. The molecule has 0 spiro atoms. The first-order chi connectivity index (χ1) is 4.72. The highest BCUT2D eigenvalue weighted by molar-refractivity contribution is 4.70. The Hall–Kier alpha value is -0.0800. The van der Waals surface area contributed by atoms with Crippen LogP contribution in [-0.2, 0) is 0 Å². The van der Waals surface area contributed by atoms with Gasteiger partial charge in [-0.2, -0.15) is 0 Å². The predicted octanol–water partition coefficient (Wildman–Crippen LogP) is 1.10. The largest absolute Gasteiger partial charge is 0.397 e. The molecule has 2 nitrogen and oxygen atoms in total. The molecule has 1 rings (SSSR count). The van der Waals surface area contributed by atoms with E-state index in [0.717, 1.165) is 6.04 Å². The molecule has 1 atom stereocenters. The van der Waals surface area contributed by atoms with Crippen molar-refractivity contribution in [2.45, 2.75) is 32.7 Å². The molecule has 0 aliphatic carbocycles. The summed E-state index contributed by atoms with van der Waals surface area (Å²) in [6.07, 6.45) is 2.80. The fourth-order valence-electron chi connectivity index (χ4n) is 1.08. The van der Waals surface area contributed by atoms with E-state index in [4.69, 9.17) is 5.11 Å². The van der Waals surface area contributed by atoms with Gasteiger partial charge in [0.15, 0.2) is 0 Å². The van der Waals surface area contributed by atoms with Crippen LogP contribution in [0.4, 0.5) is 0 Å². The molecule has 0 aromatic rings. The number of nitrogens with zero attached hydrogens (tertiary/aromatic N) is 1. The Morgan fingerprint density at radius 3 is 2.20 bits per heavy atom. The maximum Gasteiger partial charge on any atom is 0.0402 e. The van der Waals surface area contributed by atoms with Crippen LogP contribution in [0.25, 0.3) is 0 Å². The fourth-order valence-corrected chi connectivity index (χ4v) is 1.08. The second-order valence-corrected chi connectivity index (χ2v) is 2.79. The summed E-state index contributed by atoms with van der Waals surface area (Å²) in [4.78, 5) is 2.40. The Kier molecular flexibility index (Phi) is 5.64. The van der Waals surface area contributed by atoms with E-state index < -0.39 is 0 Å². The minimum absolute atomic E-state index is 0.250.